The molecule has 3 nitrogen and oxygen atoms in total. The van der Waals surface area contributed by atoms with Crippen molar-refractivity contribution in [3.05, 3.63) is 35.4 Å². The predicted molar refractivity (Wildman–Crippen MR) is 73.9 cm³/mol. The summed E-state index contributed by atoms with van der Waals surface area (Å²) in [7, 11) is 0. The normalized spacial score (nSPS) is 20.2. The number of hydrogen-bond acceptors (Lipinski definition) is 2. The third-order valence-corrected chi connectivity index (χ3v) is 4.52. The lowest BCUT2D eigenvalue weighted by atomic mass is 10.0. The van der Waals surface area contributed by atoms with Crippen LogP contribution in [0, 0.1) is 11.3 Å². The summed E-state index contributed by atoms with van der Waals surface area (Å²) in [6, 6.07) is 7.89. The molecule has 3 rings (SSSR count). The lowest BCUT2D eigenvalue weighted by Gasteiger charge is -2.15. The molecule has 0 amide bonds. The summed E-state index contributed by atoms with van der Waals surface area (Å²) in [5.41, 5.74) is 2.75. The first-order chi connectivity index (χ1) is 9.18. The number of carboxylic acids is 1. The number of hydrogen-bond donors (Lipinski definition) is 2. The first-order valence-corrected chi connectivity index (χ1v) is 7.18. The Morgan fingerprint density at radius 2 is 1.84 bits per heavy atom. The molecule has 2 N–H and O–H groups in total. The minimum absolute atomic E-state index is 0.110. The van der Waals surface area contributed by atoms with Gasteiger partial charge in [-0.1, -0.05) is 24.3 Å². The minimum Gasteiger partial charge on any atom is -0.481 e. The van der Waals surface area contributed by atoms with Crippen molar-refractivity contribution in [1.29, 1.82) is 0 Å². The average molecular weight is 259 g/mol. The van der Waals surface area contributed by atoms with Crippen LogP contribution in [0.2, 0.25) is 0 Å². The van der Waals surface area contributed by atoms with Crippen molar-refractivity contribution in [1.82, 2.24) is 5.32 Å². The zero-order valence-corrected chi connectivity index (χ0v) is 11.2. The number of rotatable bonds is 7. The minimum atomic E-state index is -0.772. The number of nitrogens with one attached hydrogen (secondary N) is 1. The van der Waals surface area contributed by atoms with Crippen molar-refractivity contribution in [3.8, 4) is 0 Å². The van der Waals surface area contributed by atoms with Crippen molar-refractivity contribution in [2.24, 2.45) is 11.3 Å². The molecule has 2 aliphatic carbocycles. The first-order valence-electron chi connectivity index (χ1n) is 7.18. The molecule has 0 heterocycles. The van der Waals surface area contributed by atoms with E-state index in [2.05, 4.69) is 5.32 Å². The summed E-state index contributed by atoms with van der Waals surface area (Å²) in [4.78, 5) is 10.6. The van der Waals surface area contributed by atoms with Gasteiger partial charge >= 0.3 is 5.97 Å². The van der Waals surface area contributed by atoms with Crippen LogP contribution in [0.5, 0.6) is 0 Å². The van der Waals surface area contributed by atoms with E-state index >= 15 is 0 Å². The molecule has 0 saturated heterocycles. The molecule has 0 spiro atoms. The highest BCUT2D eigenvalue weighted by Gasteiger charge is 2.53. The highest BCUT2D eigenvalue weighted by Crippen LogP contribution is 2.60. The second kappa shape index (κ2) is 4.97. The zero-order valence-electron chi connectivity index (χ0n) is 11.2. The van der Waals surface area contributed by atoms with Crippen LogP contribution in [0.25, 0.3) is 0 Å². The third kappa shape index (κ3) is 3.16. The number of carbonyl (C=O) groups is 1. The van der Waals surface area contributed by atoms with Crippen LogP contribution < -0.4 is 5.32 Å². The Morgan fingerprint density at radius 1 is 1.21 bits per heavy atom. The van der Waals surface area contributed by atoms with Gasteiger partial charge in [-0.15, -0.1) is 0 Å². The summed E-state index contributed by atoms with van der Waals surface area (Å²) in [6.45, 7) is 2.04. The fourth-order valence-corrected chi connectivity index (χ4v) is 2.99. The second-order valence-electron chi connectivity index (χ2n) is 6.13. The Morgan fingerprint density at radius 3 is 2.37 bits per heavy atom. The van der Waals surface area contributed by atoms with Gasteiger partial charge in [0.15, 0.2) is 0 Å². The van der Waals surface area contributed by atoms with Crippen molar-refractivity contribution in [2.75, 3.05) is 6.54 Å². The Balaban J connectivity index is 1.46. The Bertz CT molecular complexity index is 458. The SMILES string of the molecule is O=C(O)Cc1ccc(CNCC2(C3CC3)CC2)cc1. The van der Waals surface area contributed by atoms with E-state index in [1.54, 1.807) is 0 Å². The predicted octanol–water partition coefficient (Wildman–Crippen LogP) is 2.59. The topological polar surface area (TPSA) is 49.3 Å². The number of aliphatic carboxylic acids is 1. The summed E-state index contributed by atoms with van der Waals surface area (Å²) in [6.07, 6.45) is 5.79. The summed E-state index contributed by atoms with van der Waals surface area (Å²) >= 11 is 0. The van der Waals surface area contributed by atoms with Gasteiger partial charge in [0.25, 0.3) is 0 Å². The standard InChI is InChI=1S/C16H21NO2/c18-15(19)9-12-1-3-13(4-2-12)10-17-11-16(7-8-16)14-5-6-14/h1-4,14,17H,5-11H2,(H,18,19). The van der Waals surface area contributed by atoms with Crippen LogP contribution in [-0.4, -0.2) is 17.6 Å². The first kappa shape index (κ1) is 12.7. The van der Waals surface area contributed by atoms with E-state index in [1.807, 2.05) is 24.3 Å². The summed E-state index contributed by atoms with van der Waals surface area (Å²) < 4.78 is 0. The smallest absolute Gasteiger partial charge is 0.307 e. The Hall–Kier alpha value is -1.35. The largest absolute Gasteiger partial charge is 0.481 e. The van der Waals surface area contributed by atoms with E-state index in [0.29, 0.717) is 5.41 Å². The number of carboxylic acid groups (broad SMARTS) is 1. The maximum absolute atomic E-state index is 10.6. The monoisotopic (exact) mass is 259 g/mol. The van der Waals surface area contributed by atoms with Crippen molar-refractivity contribution < 1.29 is 9.90 Å². The van der Waals surface area contributed by atoms with Gasteiger partial charge in [0.05, 0.1) is 6.42 Å². The van der Waals surface area contributed by atoms with E-state index in [0.717, 1.165) is 24.6 Å². The van der Waals surface area contributed by atoms with Gasteiger partial charge in [0.2, 0.25) is 0 Å². The van der Waals surface area contributed by atoms with Gasteiger partial charge in [-0.25, -0.2) is 0 Å². The molecule has 2 fully saturated rings. The molecule has 1 aromatic rings. The molecule has 2 aliphatic rings. The maximum Gasteiger partial charge on any atom is 0.307 e. The van der Waals surface area contributed by atoms with Crippen LogP contribution in [0.15, 0.2) is 24.3 Å². The third-order valence-electron chi connectivity index (χ3n) is 4.52. The molecule has 3 heteroatoms. The molecule has 19 heavy (non-hydrogen) atoms. The highest BCUT2D eigenvalue weighted by atomic mass is 16.4. The van der Waals surface area contributed by atoms with Crippen LogP contribution in [0.3, 0.4) is 0 Å². The van der Waals surface area contributed by atoms with Gasteiger partial charge < -0.3 is 10.4 Å². The fraction of sp³-hybridized carbons (Fsp3) is 0.562. The van der Waals surface area contributed by atoms with Crippen LogP contribution in [0.4, 0.5) is 0 Å². The van der Waals surface area contributed by atoms with Crippen LogP contribution in [0.1, 0.15) is 36.8 Å². The molecule has 2 saturated carbocycles. The van der Waals surface area contributed by atoms with Gasteiger partial charge in [0, 0.05) is 13.1 Å². The molecule has 1 aromatic carbocycles. The Labute approximate surface area is 114 Å². The summed E-state index contributed by atoms with van der Waals surface area (Å²) in [5.74, 6) is 0.226. The average Bonchev–Trinajstić information content (AvgIpc) is 3.25. The molecule has 0 bridgehead atoms. The van der Waals surface area contributed by atoms with Crippen molar-refractivity contribution >= 4 is 5.97 Å². The zero-order chi connectivity index (χ0) is 13.3. The van der Waals surface area contributed by atoms with Crippen LogP contribution >= 0.6 is 0 Å². The molecule has 0 atom stereocenters. The van der Waals surface area contributed by atoms with E-state index in [4.69, 9.17) is 5.11 Å². The molecule has 0 unspecified atom stereocenters. The fourth-order valence-electron chi connectivity index (χ4n) is 2.99. The molecular weight excluding hydrogens is 238 g/mol. The maximum atomic E-state index is 10.6. The lowest BCUT2D eigenvalue weighted by Crippen LogP contribution is -2.25. The van der Waals surface area contributed by atoms with Gasteiger partial charge in [-0.05, 0) is 48.1 Å². The van der Waals surface area contributed by atoms with E-state index in [1.165, 1.54) is 31.2 Å². The Kier molecular flexibility index (Phi) is 3.31. The van der Waals surface area contributed by atoms with Crippen LogP contribution in [-0.2, 0) is 17.8 Å². The lowest BCUT2D eigenvalue weighted by molar-refractivity contribution is -0.136. The van der Waals surface area contributed by atoms with E-state index < -0.39 is 5.97 Å². The molecule has 0 radical (unpaired) electrons. The molecule has 0 aliphatic heterocycles. The molecule has 0 aromatic heterocycles. The number of benzene rings is 1. The van der Waals surface area contributed by atoms with Crippen molar-refractivity contribution in [2.45, 2.75) is 38.6 Å². The van der Waals surface area contributed by atoms with Crippen molar-refractivity contribution in [3.63, 3.8) is 0 Å². The van der Waals surface area contributed by atoms with E-state index in [9.17, 15) is 4.79 Å². The second-order valence-corrected chi connectivity index (χ2v) is 6.13. The quantitative estimate of drug-likeness (QED) is 0.791. The molecule has 102 valence electrons. The van der Waals surface area contributed by atoms with E-state index in [-0.39, 0.29) is 6.42 Å². The van der Waals surface area contributed by atoms with Gasteiger partial charge in [0.1, 0.15) is 0 Å². The molecular formula is C16H21NO2. The summed E-state index contributed by atoms with van der Waals surface area (Å²) in [5, 5.41) is 12.3. The van der Waals surface area contributed by atoms with Gasteiger partial charge in [-0.2, -0.15) is 0 Å². The van der Waals surface area contributed by atoms with Gasteiger partial charge in [-0.3, -0.25) is 4.79 Å². The highest BCUT2D eigenvalue weighted by molar-refractivity contribution is 5.70.